The van der Waals surface area contributed by atoms with Crippen molar-refractivity contribution in [2.24, 2.45) is 0 Å². The van der Waals surface area contributed by atoms with Crippen molar-refractivity contribution in [2.45, 2.75) is 0 Å². The van der Waals surface area contributed by atoms with Crippen molar-refractivity contribution in [3.8, 4) is 11.4 Å². The van der Waals surface area contributed by atoms with Gasteiger partial charge in [-0.2, -0.15) is 4.68 Å². The van der Waals surface area contributed by atoms with Gasteiger partial charge in [-0.3, -0.25) is 15.0 Å². The van der Waals surface area contributed by atoms with E-state index < -0.39 is 5.91 Å². The molecule has 7 heteroatoms. The topological polar surface area (TPSA) is 76.5 Å². The third kappa shape index (κ3) is 4.58. The van der Waals surface area contributed by atoms with Gasteiger partial charge in [0.15, 0.2) is 5.82 Å². The number of fused-ring (bicyclic) bond motifs is 1. The van der Waals surface area contributed by atoms with Crippen LogP contribution in [0.4, 0.5) is 0 Å². The van der Waals surface area contributed by atoms with Crippen LogP contribution in [0.25, 0.3) is 22.3 Å². The monoisotopic (exact) mass is 366 g/mol. The zero-order valence-electron chi connectivity index (χ0n) is 15.4. The lowest BCUT2D eigenvalue weighted by molar-refractivity contribution is -0.121. The van der Waals surface area contributed by atoms with Crippen LogP contribution in [0.2, 0.25) is 0 Å². The maximum Gasteiger partial charge on any atom is 0.280 e. The molecule has 0 saturated heterocycles. The Morgan fingerprint density at radius 3 is 2.56 bits per heavy atom. The molecule has 3 rings (SSSR count). The summed E-state index contributed by atoms with van der Waals surface area (Å²) < 4.78 is 6.55. The third-order valence-electron chi connectivity index (χ3n) is 3.96. The fourth-order valence-corrected chi connectivity index (χ4v) is 2.59. The van der Waals surface area contributed by atoms with Crippen LogP contribution in [-0.2, 0) is 9.53 Å². The minimum atomic E-state index is -0.412. The predicted octanol–water partition coefficient (Wildman–Crippen LogP) is 1.71. The molecule has 0 spiro atoms. The molecule has 0 radical (unpaired) electrons. The van der Waals surface area contributed by atoms with Crippen molar-refractivity contribution >= 4 is 16.8 Å². The Balaban J connectivity index is 1.92. The number of hydrogen-bond acceptors (Lipinski definition) is 5. The lowest BCUT2D eigenvalue weighted by Crippen LogP contribution is -2.37. The number of rotatable bonds is 7. The first kappa shape index (κ1) is 18.8. The Morgan fingerprint density at radius 2 is 1.81 bits per heavy atom. The number of ether oxygens (including phenoxy) is 1. The van der Waals surface area contributed by atoms with E-state index in [1.807, 2.05) is 55.4 Å². The Hall–Kier alpha value is -3.03. The normalized spacial score (nSPS) is 11.1. The number of carbonyl (C=O) groups excluding carboxylic acids is 1. The molecule has 0 aliphatic carbocycles. The van der Waals surface area contributed by atoms with E-state index in [0.717, 1.165) is 5.56 Å². The first-order chi connectivity index (χ1) is 13.1. The minimum Gasteiger partial charge on any atom is -0.370 e. The molecule has 1 heterocycles. The lowest BCUT2D eigenvalue weighted by atomic mass is 10.2. The summed E-state index contributed by atoms with van der Waals surface area (Å²) >= 11 is 0. The van der Waals surface area contributed by atoms with Crippen LogP contribution in [0.3, 0.4) is 0 Å². The van der Waals surface area contributed by atoms with E-state index in [4.69, 9.17) is 4.74 Å². The highest BCUT2D eigenvalue weighted by Crippen LogP contribution is 2.17. The molecule has 0 bridgehead atoms. The summed E-state index contributed by atoms with van der Waals surface area (Å²) in [6, 6.07) is 16.3. The number of amides is 1. The number of hydrogen-bond donors (Lipinski definition) is 1. The van der Waals surface area contributed by atoms with Crippen LogP contribution in [0.1, 0.15) is 0 Å². The van der Waals surface area contributed by atoms with Gasteiger partial charge in [0.25, 0.3) is 11.5 Å². The Kier molecular flexibility index (Phi) is 5.95. The van der Waals surface area contributed by atoms with Crippen molar-refractivity contribution in [2.75, 3.05) is 39.3 Å². The maximum absolute atomic E-state index is 12.9. The molecular weight excluding hydrogens is 344 g/mol. The summed E-state index contributed by atoms with van der Waals surface area (Å²) in [4.78, 5) is 31.8. The quantitative estimate of drug-likeness (QED) is 0.644. The summed E-state index contributed by atoms with van der Waals surface area (Å²) in [5.41, 5.74) is 3.60. The second kappa shape index (κ2) is 8.57. The Bertz CT molecular complexity index is 983. The van der Waals surface area contributed by atoms with Gasteiger partial charge >= 0.3 is 0 Å². The van der Waals surface area contributed by atoms with Gasteiger partial charge in [0.05, 0.1) is 17.5 Å². The number of likely N-dealkylation sites (N-methyl/N-ethyl adjacent to an activating group) is 1. The summed E-state index contributed by atoms with van der Waals surface area (Å²) in [5, 5.41) is 0.436. The number of carbonyl (C=O) groups is 1. The average Bonchev–Trinajstić information content (AvgIpc) is 2.68. The largest absolute Gasteiger partial charge is 0.370 e. The third-order valence-corrected chi connectivity index (χ3v) is 3.96. The van der Waals surface area contributed by atoms with E-state index in [9.17, 15) is 9.59 Å². The van der Waals surface area contributed by atoms with Crippen LogP contribution < -0.4 is 11.0 Å². The van der Waals surface area contributed by atoms with Gasteiger partial charge in [0, 0.05) is 12.1 Å². The number of nitrogens with one attached hydrogen (secondary N) is 1. The summed E-state index contributed by atoms with van der Waals surface area (Å²) in [6.45, 7) is 0.998. The zero-order chi connectivity index (χ0) is 19.2. The van der Waals surface area contributed by atoms with Gasteiger partial charge in [-0.1, -0.05) is 42.5 Å². The highest BCUT2D eigenvalue weighted by molar-refractivity contribution is 5.87. The summed E-state index contributed by atoms with van der Waals surface area (Å²) in [6.07, 6.45) is 0. The summed E-state index contributed by atoms with van der Waals surface area (Å²) in [7, 11) is 3.85. The Morgan fingerprint density at radius 1 is 1.11 bits per heavy atom. The van der Waals surface area contributed by atoms with E-state index >= 15 is 0 Å². The predicted molar refractivity (Wildman–Crippen MR) is 105 cm³/mol. The number of para-hydroxylation sites is 1. The second-order valence-corrected chi connectivity index (χ2v) is 6.35. The Labute approximate surface area is 157 Å². The van der Waals surface area contributed by atoms with Crippen molar-refractivity contribution < 1.29 is 9.53 Å². The standard InChI is InChI=1S/C20H22N4O3/c1-23(2)12-13-27-14-18(25)22-24-19(15-8-4-3-5-9-15)21-17-11-7-6-10-16(17)20(24)26/h3-11H,12-14H2,1-2H3,(H,22,25). The smallest absolute Gasteiger partial charge is 0.280 e. The van der Waals surface area contributed by atoms with Gasteiger partial charge < -0.3 is 9.64 Å². The molecule has 140 valence electrons. The van der Waals surface area contributed by atoms with Crippen molar-refractivity contribution in [3.63, 3.8) is 0 Å². The van der Waals surface area contributed by atoms with E-state index in [1.165, 1.54) is 4.68 Å². The van der Waals surface area contributed by atoms with Crippen LogP contribution in [0.5, 0.6) is 0 Å². The van der Waals surface area contributed by atoms with Crippen LogP contribution in [-0.4, -0.2) is 54.3 Å². The van der Waals surface area contributed by atoms with Crippen molar-refractivity contribution in [3.05, 3.63) is 65.0 Å². The number of aromatic nitrogens is 2. The van der Waals surface area contributed by atoms with Gasteiger partial charge in [0.2, 0.25) is 0 Å². The molecule has 0 aliphatic rings. The van der Waals surface area contributed by atoms with Gasteiger partial charge in [0.1, 0.15) is 6.61 Å². The highest BCUT2D eigenvalue weighted by atomic mass is 16.5. The van der Waals surface area contributed by atoms with E-state index in [-0.39, 0.29) is 12.2 Å². The van der Waals surface area contributed by atoms with Gasteiger partial charge in [-0.25, -0.2) is 4.98 Å². The zero-order valence-corrected chi connectivity index (χ0v) is 15.4. The first-order valence-corrected chi connectivity index (χ1v) is 8.66. The van der Waals surface area contributed by atoms with E-state index in [0.29, 0.717) is 29.9 Å². The van der Waals surface area contributed by atoms with Crippen LogP contribution in [0.15, 0.2) is 59.4 Å². The molecule has 0 atom stereocenters. The fraction of sp³-hybridized carbons (Fsp3) is 0.250. The molecule has 0 unspecified atom stereocenters. The van der Waals surface area contributed by atoms with Gasteiger partial charge in [-0.05, 0) is 26.2 Å². The first-order valence-electron chi connectivity index (χ1n) is 8.66. The van der Waals surface area contributed by atoms with Crippen LogP contribution in [0, 0.1) is 0 Å². The van der Waals surface area contributed by atoms with E-state index in [2.05, 4.69) is 10.4 Å². The molecule has 0 aliphatic heterocycles. The molecule has 1 amide bonds. The molecule has 27 heavy (non-hydrogen) atoms. The molecule has 0 saturated carbocycles. The molecule has 2 aromatic carbocycles. The molecule has 7 nitrogen and oxygen atoms in total. The molecular formula is C20H22N4O3. The average molecular weight is 366 g/mol. The molecule has 1 N–H and O–H groups in total. The fourth-order valence-electron chi connectivity index (χ4n) is 2.59. The molecule has 3 aromatic rings. The second-order valence-electron chi connectivity index (χ2n) is 6.35. The van der Waals surface area contributed by atoms with Gasteiger partial charge in [-0.15, -0.1) is 0 Å². The highest BCUT2D eigenvalue weighted by Gasteiger charge is 2.14. The van der Waals surface area contributed by atoms with Crippen molar-refractivity contribution in [1.82, 2.24) is 14.6 Å². The van der Waals surface area contributed by atoms with Crippen molar-refractivity contribution in [1.29, 1.82) is 0 Å². The lowest BCUT2D eigenvalue weighted by Gasteiger charge is -2.15. The van der Waals surface area contributed by atoms with Crippen LogP contribution >= 0.6 is 0 Å². The van der Waals surface area contributed by atoms with E-state index in [1.54, 1.807) is 18.2 Å². The minimum absolute atomic E-state index is 0.138. The number of nitrogens with zero attached hydrogens (tertiary/aromatic N) is 3. The SMILES string of the molecule is CN(C)CCOCC(=O)Nn1c(-c2ccccc2)nc2ccccc2c1=O. The number of benzene rings is 2. The summed E-state index contributed by atoms with van der Waals surface area (Å²) in [5.74, 6) is -0.0361. The molecule has 1 aromatic heterocycles. The molecule has 0 fully saturated rings. The maximum atomic E-state index is 12.9.